The Morgan fingerprint density at radius 3 is 1.55 bits per heavy atom. The summed E-state index contributed by atoms with van der Waals surface area (Å²) in [5, 5.41) is 0. The van der Waals surface area contributed by atoms with Gasteiger partial charge in [-0.3, -0.25) is 4.90 Å². The Balaban J connectivity index is 1.07. The molecule has 0 bridgehead atoms. The highest BCUT2D eigenvalue weighted by atomic mass is 16.6. The average Bonchev–Trinajstić information content (AvgIpc) is 3.40. The number of hydrogen-bond donors (Lipinski definition) is 0. The lowest BCUT2D eigenvalue weighted by molar-refractivity contribution is 0.357. The normalized spacial score (nSPS) is 14.2. The predicted octanol–water partition coefficient (Wildman–Crippen LogP) is 15.3. The van der Waals surface area contributed by atoms with Gasteiger partial charge in [-0.1, -0.05) is 105 Å². The second-order valence-electron chi connectivity index (χ2n) is 15.7. The summed E-state index contributed by atoms with van der Waals surface area (Å²) in [6.45, 7) is 4.51. The van der Waals surface area contributed by atoms with Gasteiger partial charge < -0.3 is 28.6 Å². The van der Waals surface area contributed by atoms with Crippen molar-refractivity contribution in [1.29, 1.82) is 0 Å². The lowest BCUT2D eigenvalue weighted by Crippen LogP contribution is -2.24. The minimum atomic E-state index is -0.544. The highest BCUT2D eigenvalue weighted by Crippen LogP contribution is 2.62. The maximum atomic E-state index is 6.96. The molecule has 0 saturated heterocycles. The largest absolute Gasteiger partial charge is 0.453 e. The van der Waals surface area contributed by atoms with Crippen molar-refractivity contribution in [3.8, 4) is 57.5 Å². The lowest BCUT2D eigenvalue weighted by Gasteiger charge is -2.38. The molecule has 3 aliphatic heterocycles. The maximum absolute atomic E-state index is 6.96. The molecule has 0 N–H and O–H groups in total. The van der Waals surface area contributed by atoms with Gasteiger partial charge in [0, 0.05) is 39.7 Å². The number of rotatable bonds is 4. The van der Waals surface area contributed by atoms with E-state index in [1.54, 1.807) is 0 Å². The fraction of sp³-hybridized carbons (Fsp3) is 0.0566. The minimum absolute atomic E-state index is 0.544. The van der Waals surface area contributed by atoms with Crippen LogP contribution in [0.3, 0.4) is 0 Å². The van der Waals surface area contributed by atoms with Crippen molar-refractivity contribution in [2.75, 3.05) is 9.80 Å². The summed E-state index contributed by atoms with van der Waals surface area (Å²) in [4.78, 5) is 4.49. The van der Waals surface area contributed by atoms with E-state index in [1.807, 2.05) is 84.9 Å². The zero-order valence-corrected chi connectivity index (χ0v) is 32.8. The van der Waals surface area contributed by atoms with Crippen LogP contribution in [0.25, 0.3) is 12.2 Å². The first-order valence-corrected chi connectivity index (χ1v) is 20.1. The summed E-state index contributed by atoms with van der Waals surface area (Å²) in [6.07, 6.45) is 4.25. The van der Waals surface area contributed by atoms with Gasteiger partial charge in [-0.25, -0.2) is 0 Å². The molecule has 4 aliphatic rings. The summed E-state index contributed by atoms with van der Waals surface area (Å²) in [5.41, 5.74) is 9.10. The van der Waals surface area contributed by atoms with Crippen LogP contribution in [0.2, 0.25) is 0 Å². The van der Waals surface area contributed by atoms with Gasteiger partial charge in [-0.15, -0.1) is 0 Å². The number of para-hydroxylation sites is 8. The fourth-order valence-corrected chi connectivity index (χ4v) is 8.91. The number of anilines is 6. The van der Waals surface area contributed by atoms with E-state index in [4.69, 9.17) is 23.7 Å². The average molecular weight is 781 g/mol. The van der Waals surface area contributed by atoms with Crippen LogP contribution in [0.15, 0.2) is 170 Å². The molecular formula is C53H36N2O5. The number of ether oxygens (including phenoxy) is 5. The number of benzene rings is 8. The van der Waals surface area contributed by atoms with Crippen LogP contribution < -0.4 is 33.5 Å². The van der Waals surface area contributed by atoms with Gasteiger partial charge in [0.15, 0.2) is 57.5 Å². The van der Waals surface area contributed by atoms with E-state index in [0.717, 1.165) is 62.1 Å². The monoisotopic (exact) mass is 780 g/mol. The molecule has 0 unspecified atom stereocenters. The van der Waals surface area contributed by atoms with E-state index >= 15 is 0 Å². The first-order chi connectivity index (χ1) is 29.5. The smallest absolute Gasteiger partial charge is 0.194 e. The molecule has 7 heteroatoms. The molecule has 12 rings (SSSR count). The predicted molar refractivity (Wildman–Crippen MR) is 237 cm³/mol. The SMILES string of the molecule is CC1(C)c2ccc3c(c2C=Cc2c1cc(N1c4ccccc4Oc4cc(N(c5ccccc5)c5ccccc5)ccc41)c1c2Oc2ccccc2O1)Oc1ccccc1O3. The summed E-state index contributed by atoms with van der Waals surface area (Å²) >= 11 is 0. The molecular weight excluding hydrogens is 745 g/mol. The molecule has 0 aromatic heterocycles. The van der Waals surface area contributed by atoms with E-state index in [-0.39, 0.29) is 0 Å². The van der Waals surface area contributed by atoms with Crippen LogP contribution >= 0.6 is 0 Å². The van der Waals surface area contributed by atoms with Crippen molar-refractivity contribution < 1.29 is 23.7 Å². The Morgan fingerprint density at radius 2 is 0.883 bits per heavy atom. The molecule has 8 aromatic carbocycles. The Labute approximate surface area is 347 Å². The Bertz CT molecular complexity index is 3030. The Kier molecular flexibility index (Phi) is 7.44. The summed E-state index contributed by atoms with van der Waals surface area (Å²) in [6, 6.07) is 57.3. The van der Waals surface area contributed by atoms with Crippen LogP contribution in [-0.2, 0) is 5.41 Å². The van der Waals surface area contributed by atoms with E-state index in [9.17, 15) is 0 Å². The van der Waals surface area contributed by atoms with Gasteiger partial charge in [0.05, 0.1) is 17.1 Å². The van der Waals surface area contributed by atoms with Crippen LogP contribution in [0.1, 0.15) is 36.1 Å². The molecule has 288 valence electrons. The van der Waals surface area contributed by atoms with Gasteiger partial charge in [-0.05, 0) is 96.1 Å². The van der Waals surface area contributed by atoms with Crippen molar-refractivity contribution in [3.05, 3.63) is 192 Å². The standard InChI is InChI=1S/C53H36N2O5/c1-53(2)38-28-30-48-50(58-45-22-12-11-21-44(45)57-48)36(38)26-27-37-39(53)32-42(52-51(37)59-46-23-13-14-24-47(46)60-52)55-40-19-9-10-20-43(40)56-49-31-35(25-29-41(49)55)54(33-15-5-3-6-16-33)34-17-7-4-8-18-34/h3-32H,1-2H3. The zero-order valence-electron chi connectivity index (χ0n) is 32.8. The first-order valence-electron chi connectivity index (χ1n) is 20.1. The second kappa shape index (κ2) is 13.1. The summed E-state index contributed by atoms with van der Waals surface area (Å²) in [7, 11) is 0. The molecule has 8 aromatic rings. The van der Waals surface area contributed by atoms with Crippen LogP contribution in [0.4, 0.5) is 34.1 Å². The van der Waals surface area contributed by atoms with Crippen LogP contribution in [-0.4, -0.2) is 0 Å². The molecule has 3 heterocycles. The topological polar surface area (TPSA) is 52.6 Å². The second-order valence-corrected chi connectivity index (χ2v) is 15.7. The van der Waals surface area contributed by atoms with E-state index < -0.39 is 5.41 Å². The van der Waals surface area contributed by atoms with Gasteiger partial charge in [-0.2, -0.15) is 0 Å². The third-order valence-electron chi connectivity index (χ3n) is 11.8. The first kappa shape index (κ1) is 34.2. The molecule has 0 atom stereocenters. The van der Waals surface area contributed by atoms with Crippen molar-refractivity contribution >= 4 is 46.3 Å². The molecule has 0 radical (unpaired) electrons. The third-order valence-corrected chi connectivity index (χ3v) is 11.8. The lowest BCUT2D eigenvalue weighted by atomic mass is 9.75. The van der Waals surface area contributed by atoms with E-state index in [0.29, 0.717) is 51.7 Å². The van der Waals surface area contributed by atoms with Crippen molar-refractivity contribution in [3.63, 3.8) is 0 Å². The van der Waals surface area contributed by atoms with E-state index in [1.165, 1.54) is 0 Å². The zero-order chi connectivity index (χ0) is 40.0. The summed E-state index contributed by atoms with van der Waals surface area (Å²) < 4.78 is 33.7. The van der Waals surface area contributed by atoms with Crippen LogP contribution in [0.5, 0.6) is 57.5 Å². The van der Waals surface area contributed by atoms with Gasteiger partial charge in [0.1, 0.15) is 0 Å². The maximum Gasteiger partial charge on any atom is 0.194 e. The third kappa shape index (κ3) is 5.22. The number of fused-ring (bicyclic) bond motifs is 10. The Hall–Kier alpha value is -7.90. The number of nitrogens with zero attached hydrogens (tertiary/aromatic N) is 2. The molecule has 7 nitrogen and oxygen atoms in total. The Morgan fingerprint density at radius 1 is 0.367 bits per heavy atom. The molecule has 0 saturated carbocycles. The highest BCUT2D eigenvalue weighted by Gasteiger charge is 2.40. The molecule has 1 aliphatic carbocycles. The van der Waals surface area contributed by atoms with Gasteiger partial charge >= 0.3 is 0 Å². The van der Waals surface area contributed by atoms with E-state index in [2.05, 4.69) is 121 Å². The van der Waals surface area contributed by atoms with Crippen molar-refractivity contribution in [2.24, 2.45) is 0 Å². The van der Waals surface area contributed by atoms with Crippen LogP contribution in [0, 0.1) is 0 Å². The number of hydrogen-bond acceptors (Lipinski definition) is 7. The summed E-state index contributed by atoms with van der Waals surface area (Å²) in [5.74, 6) is 6.70. The van der Waals surface area contributed by atoms with Gasteiger partial charge in [0.25, 0.3) is 0 Å². The van der Waals surface area contributed by atoms with Crippen molar-refractivity contribution in [2.45, 2.75) is 19.3 Å². The quantitative estimate of drug-likeness (QED) is 0.176. The molecule has 0 spiro atoms. The van der Waals surface area contributed by atoms with Crippen molar-refractivity contribution in [1.82, 2.24) is 0 Å². The molecule has 0 fully saturated rings. The fourth-order valence-electron chi connectivity index (χ4n) is 8.91. The minimum Gasteiger partial charge on any atom is -0.453 e. The molecule has 60 heavy (non-hydrogen) atoms. The molecule has 0 amide bonds. The highest BCUT2D eigenvalue weighted by molar-refractivity contribution is 5.95. The van der Waals surface area contributed by atoms with Gasteiger partial charge in [0.2, 0.25) is 0 Å².